The van der Waals surface area contributed by atoms with E-state index < -0.39 is 18.2 Å². The normalized spacial score (nSPS) is 15.9. The van der Waals surface area contributed by atoms with E-state index in [0.29, 0.717) is 60.2 Å². The number of pyridine rings is 2. The summed E-state index contributed by atoms with van der Waals surface area (Å²) in [5.74, 6) is -0.00432. The van der Waals surface area contributed by atoms with Crippen LogP contribution in [0, 0.1) is 23.7 Å². The molecule has 2 fully saturated rings. The number of nitrogens with zero attached hydrogens (tertiary/aromatic N) is 7. The number of rotatable bonds is 9. The molecular formula is C35H33ClFN7O3S. The largest absolute Gasteiger partial charge is 0.478 e. The first-order valence-corrected chi connectivity index (χ1v) is 17.0. The Labute approximate surface area is 285 Å². The third kappa shape index (κ3) is 5.30. The first-order valence-electron chi connectivity index (χ1n) is 15.7. The zero-order valence-electron chi connectivity index (χ0n) is 26.8. The van der Waals surface area contributed by atoms with E-state index in [4.69, 9.17) is 11.6 Å². The number of aryl methyl sites for hydroxylation is 2. The van der Waals surface area contributed by atoms with Crippen LogP contribution < -0.4 is 10.5 Å². The quantitative estimate of drug-likeness (QED) is 0.196. The van der Waals surface area contributed by atoms with E-state index in [1.807, 2.05) is 43.0 Å². The second-order valence-electron chi connectivity index (χ2n) is 13.5. The minimum Gasteiger partial charge on any atom is -0.478 e. The molecule has 0 bridgehead atoms. The van der Waals surface area contributed by atoms with Crippen molar-refractivity contribution in [3.05, 3.63) is 79.9 Å². The molecule has 0 atom stereocenters. The van der Waals surface area contributed by atoms with Crippen LogP contribution in [0.5, 0.6) is 0 Å². The van der Waals surface area contributed by atoms with Crippen molar-refractivity contribution in [1.29, 1.82) is 5.26 Å². The molecule has 2 aliphatic heterocycles. The van der Waals surface area contributed by atoms with Gasteiger partial charge in [0.2, 0.25) is 0 Å². The fourth-order valence-electron chi connectivity index (χ4n) is 7.05. The monoisotopic (exact) mass is 685 g/mol. The maximum Gasteiger partial charge on any atom is 0.338 e. The molecule has 0 saturated carbocycles. The molecule has 10 nitrogen and oxygen atoms in total. The number of aromatic carboxylic acids is 1. The number of carboxylic acid groups (broad SMARTS) is 1. The number of alkyl halides is 1. The van der Waals surface area contributed by atoms with E-state index in [-0.39, 0.29) is 27.5 Å². The minimum absolute atomic E-state index is 0.0478. The Morgan fingerprint density at radius 3 is 2.67 bits per heavy atom. The summed E-state index contributed by atoms with van der Waals surface area (Å²) in [6.45, 7) is 8.54. The average molecular weight is 686 g/mol. The number of hydrogen-bond acceptors (Lipinski definition) is 9. The molecular weight excluding hydrogens is 653 g/mol. The highest BCUT2D eigenvalue weighted by atomic mass is 35.5. The molecule has 13 heteroatoms. The summed E-state index contributed by atoms with van der Waals surface area (Å²) >= 11 is 7.76. The van der Waals surface area contributed by atoms with Crippen LogP contribution >= 0.6 is 22.9 Å². The Bertz CT molecular complexity index is 2210. The highest BCUT2D eigenvalue weighted by Gasteiger charge is 2.55. The summed E-state index contributed by atoms with van der Waals surface area (Å²) in [7, 11) is 0. The number of nitriles is 1. The van der Waals surface area contributed by atoms with Crippen molar-refractivity contribution in [2.45, 2.75) is 45.7 Å². The molecule has 0 unspecified atom stereocenters. The van der Waals surface area contributed by atoms with Gasteiger partial charge in [0.15, 0.2) is 0 Å². The number of carbonyl (C=O) groups is 1. The van der Waals surface area contributed by atoms with Crippen molar-refractivity contribution in [3.63, 3.8) is 0 Å². The van der Waals surface area contributed by atoms with E-state index in [2.05, 4.69) is 25.9 Å². The molecule has 7 rings (SSSR count). The van der Waals surface area contributed by atoms with Gasteiger partial charge in [-0.3, -0.25) is 19.2 Å². The first kappa shape index (κ1) is 32.1. The summed E-state index contributed by atoms with van der Waals surface area (Å²) in [6, 6.07) is 9.76. The predicted molar refractivity (Wildman–Crippen MR) is 185 cm³/mol. The molecule has 2 saturated heterocycles. The third-order valence-corrected chi connectivity index (χ3v) is 11.0. The number of aromatic nitrogens is 4. The van der Waals surface area contributed by atoms with Crippen molar-refractivity contribution in [2.24, 2.45) is 5.41 Å². The number of carboxylic acids is 1. The van der Waals surface area contributed by atoms with Crippen LogP contribution in [0.1, 0.15) is 47.6 Å². The second kappa shape index (κ2) is 11.9. The number of halogens is 2. The molecule has 1 aromatic carbocycles. The maximum absolute atomic E-state index is 14.0. The van der Waals surface area contributed by atoms with Crippen LogP contribution in [0.2, 0.25) is 5.02 Å². The number of anilines is 1. The molecule has 0 aliphatic carbocycles. The summed E-state index contributed by atoms with van der Waals surface area (Å²) in [4.78, 5) is 43.5. The molecule has 1 N–H and O–H groups in total. The highest BCUT2D eigenvalue weighted by molar-refractivity contribution is 7.18. The number of thiophene rings is 1. The average Bonchev–Trinajstić information content (AvgIpc) is 3.46. The van der Waals surface area contributed by atoms with E-state index in [0.717, 1.165) is 34.5 Å². The molecule has 2 aliphatic rings. The lowest BCUT2D eigenvalue weighted by Crippen LogP contribution is -2.75. The van der Waals surface area contributed by atoms with E-state index in [9.17, 15) is 24.3 Å². The van der Waals surface area contributed by atoms with Gasteiger partial charge in [-0.2, -0.15) is 5.26 Å². The Kier molecular flexibility index (Phi) is 7.97. The Morgan fingerprint density at radius 2 is 1.96 bits per heavy atom. The van der Waals surface area contributed by atoms with Gasteiger partial charge in [0, 0.05) is 65.8 Å². The molecule has 1 spiro atoms. The van der Waals surface area contributed by atoms with Crippen LogP contribution in [-0.4, -0.2) is 73.9 Å². The molecule has 6 heterocycles. The van der Waals surface area contributed by atoms with Crippen molar-refractivity contribution in [1.82, 2.24) is 24.4 Å². The molecule has 0 radical (unpaired) electrons. The standard InChI is InChI=1S/C35H33ClFN7O3S/c1-20-41-27-13-40-31(42-16-35(17-42)18-43(19-35)34(2,3)15-37)25(12-38)28(27)32(45)44(20)10-4-5-21-6-7-22(36)11-24(21)23-8-9-39-29-26(33(46)47)14-48-30(23)29/h6-9,11,13-14H,4-5,10,15-19H2,1-3H3,(H,46,47). The summed E-state index contributed by atoms with van der Waals surface area (Å²) < 4.78 is 15.9. The van der Waals surface area contributed by atoms with Gasteiger partial charge in [0.25, 0.3) is 5.56 Å². The van der Waals surface area contributed by atoms with Crippen LogP contribution in [0.15, 0.2) is 46.8 Å². The second-order valence-corrected chi connectivity index (χ2v) is 14.8. The molecule has 4 aromatic heterocycles. The van der Waals surface area contributed by atoms with Crippen molar-refractivity contribution in [3.8, 4) is 17.2 Å². The smallest absolute Gasteiger partial charge is 0.338 e. The van der Waals surface area contributed by atoms with Gasteiger partial charge in [-0.1, -0.05) is 17.7 Å². The summed E-state index contributed by atoms with van der Waals surface area (Å²) in [5.41, 5.74) is 3.23. The number of fused-ring (bicyclic) bond motifs is 2. The van der Waals surface area contributed by atoms with E-state index >= 15 is 0 Å². The molecule has 48 heavy (non-hydrogen) atoms. The lowest BCUT2D eigenvalue weighted by molar-refractivity contribution is -0.0870. The predicted octanol–water partition coefficient (Wildman–Crippen LogP) is 6.10. The lowest BCUT2D eigenvalue weighted by atomic mass is 9.70. The Hall–Kier alpha value is -4.44. The fourth-order valence-corrected chi connectivity index (χ4v) is 8.25. The van der Waals surface area contributed by atoms with Crippen molar-refractivity contribution in [2.75, 3.05) is 37.8 Å². The molecule has 246 valence electrons. The van der Waals surface area contributed by atoms with Gasteiger partial charge in [-0.25, -0.2) is 19.2 Å². The van der Waals surface area contributed by atoms with Crippen molar-refractivity contribution >= 4 is 55.8 Å². The Balaban J connectivity index is 1.14. The number of hydrogen-bond donors (Lipinski definition) is 1. The minimum atomic E-state index is -1.03. The molecule has 0 amide bonds. The van der Waals surface area contributed by atoms with Crippen LogP contribution in [0.25, 0.3) is 32.2 Å². The summed E-state index contributed by atoms with van der Waals surface area (Å²) in [5, 5.41) is 22.3. The van der Waals surface area contributed by atoms with Gasteiger partial charge in [-0.15, -0.1) is 11.3 Å². The lowest BCUT2D eigenvalue weighted by Gasteiger charge is -2.63. The van der Waals surface area contributed by atoms with Gasteiger partial charge in [0.1, 0.15) is 29.9 Å². The van der Waals surface area contributed by atoms with Crippen molar-refractivity contribution < 1.29 is 14.3 Å². The van der Waals surface area contributed by atoms with Crippen LogP contribution in [0.4, 0.5) is 10.2 Å². The molecule has 5 aromatic rings. The van der Waals surface area contributed by atoms with Gasteiger partial charge in [-0.05, 0) is 62.9 Å². The fraction of sp³-hybridized carbons (Fsp3) is 0.371. The van der Waals surface area contributed by atoms with Crippen LogP contribution in [-0.2, 0) is 13.0 Å². The van der Waals surface area contributed by atoms with Gasteiger partial charge >= 0.3 is 5.97 Å². The zero-order chi connectivity index (χ0) is 34.0. The maximum atomic E-state index is 14.0. The van der Waals surface area contributed by atoms with Gasteiger partial charge in [0.05, 0.1) is 32.9 Å². The number of likely N-dealkylation sites (tertiary alicyclic amines) is 1. The van der Waals surface area contributed by atoms with Crippen LogP contribution in [0.3, 0.4) is 0 Å². The SMILES string of the molecule is Cc1nc2cnc(N3CC4(C3)CN(C(C)(C)CF)C4)c(C#N)c2c(=O)n1CCCc1ccc(Cl)cc1-c1ccnc2c(C(=O)O)csc12. The highest BCUT2D eigenvalue weighted by Crippen LogP contribution is 2.45. The van der Waals surface area contributed by atoms with E-state index in [1.54, 1.807) is 29.3 Å². The zero-order valence-corrected chi connectivity index (χ0v) is 28.3. The van der Waals surface area contributed by atoms with Gasteiger partial charge < -0.3 is 10.0 Å². The Morgan fingerprint density at radius 1 is 1.19 bits per heavy atom. The van der Waals surface area contributed by atoms with E-state index in [1.165, 1.54) is 11.3 Å². The first-order chi connectivity index (χ1) is 22.9. The topological polar surface area (TPSA) is 128 Å². The number of benzene rings is 1. The summed E-state index contributed by atoms with van der Waals surface area (Å²) in [6.07, 6.45) is 4.39. The third-order valence-electron chi connectivity index (χ3n) is 9.74.